The van der Waals surface area contributed by atoms with Crippen molar-refractivity contribution >= 4 is 21.8 Å². The number of hydrogen-bond donors (Lipinski definition) is 0. The molecule has 0 aliphatic rings. The predicted octanol–water partition coefficient (Wildman–Crippen LogP) is 4.93. The number of nitrogens with zero attached hydrogens (tertiary/aromatic N) is 3. The molecule has 3 rings (SSSR count). The molecule has 0 unspecified atom stereocenters. The van der Waals surface area contributed by atoms with Crippen molar-refractivity contribution in [3.8, 4) is 17.1 Å². The number of hydrogen-bond acceptors (Lipinski definition) is 5. The van der Waals surface area contributed by atoms with Crippen molar-refractivity contribution in [3.63, 3.8) is 0 Å². The van der Waals surface area contributed by atoms with Gasteiger partial charge < -0.3 is 14.2 Å². The highest BCUT2D eigenvalue weighted by atomic mass is 79.9. The lowest BCUT2D eigenvalue weighted by Gasteiger charge is -2.25. The van der Waals surface area contributed by atoms with Crippen molar-refractivity contribution in [1.82, 2.24) is 15.0 Å². The summed E-state index contributed by atoms with van der Waals surface area (Å²) in [5.41, 5.74) is 2.99. The Morgan fingerprint density at radius 1 is 1.17 bits per heavy atom. The van der Waals surface area contributed by atoms with Gasteiger partial charge in [-0.05, 0) is 51.0 Å². The van der Waals surface area contributed by atoms with Crippen molar-refractivity contribution in [2.75, 3.05) is 6.61 Å². The first-order chi connectivity index (χ1) is 13.8. The predicted molar refractivity (Wildman–Crippen MR) is 115 cm³/mol. The maximum absolute atomic E-state index is 12.8. The number of rotatable bonds is 7. The Morgan fingerprint density at radius 3 is 2.45 bits per heavy atom. The molecule has 0 atom stereocenters. The highest BCUT2D eigenvalue weighted by Gasteiger charge is 2.21. The second kappa shape index (κ2) is 9.22. The van der Waals surface area contributed by atoms with Crippen molar-refractivity contribution in [2.45, 2.75) is 40.3 Å². The van der Waals surface area contributed by atoms with Crippen LogP contribution >= 0.6 is 15.9 Å². The van der Waals surface area contributed by atoms with Gasteiger partial charge in [-0.25, -0.2) is 0 Å². The maximum Gasteiger partial charge on any atom is 0.261 e. The summed E-state index contributed by atoms with van der Waals surface area (Å²) in [6.45, 7) is 8.05. The summed E-state index contributed by atoms with van der Waals surface area (Å²) in [6.07, 6.45) is 0. The van der Waals surface area contributed by atoms with E-state index >= 15 is 0 Å². The van der Waals surface area contributed by atoms with Gasteiger partial charge in [0.15, 0.2) is 6.61 Å². The van der Waals surface area contributed by atoms with Crippen molar-refractivity contribution in [2.24, 2.45) is 0 Å². The van der Waals surface area contributed by atoms with E-state index in [0.717, 1.165) is 21.2 Å². The van der Waals surface area contributed by atoms with Crippen LogP contribution in [-0.4, -0.2) is 33.6 Å². The van der Waals surface area contributed by atoms with Crippen LogP contribution in [0.1, 0.15) is 30.9 Å². The summed E-state index contributed by atoms with van der Waals surface area (Å²) in [4.78, 5) is 18.9. The van der Waals surface area contributed by atoms with E-state index in [1.54, 1.807) is 4.90 Å². The number of carbonyl (C=O) groups excluding carboxylic acids is 1. The van der Waals surface area contributed by atoms with Gasteiger partial charge in [0.2, 0.25) is 11.7 Å². The van der Waals surface area contributed by atoms with E-state index in [1.807, 2.05) is 70.2 Å². The van der Waals surface area contributed by atoms with Crippen molar-refractivity contribution < 1.29 is 14.1 Å². The van der Waals surface area contributed by atoms with Crippen LogP contribution in [0.4, 0.5) is 0 Å². The molecule has 0 bridgehead atoms. The third-order valence-corrected chi connectivity index (χ3v) is 5.77. The summed E-state index contributed by atoms with van der Waals surface area (Å²) in [6, 6.07) is 13.4. The van der Waals surface area contributed by atoms with E-state index in [0.29, 0.717) is 17.5 Å². The molecule has 0 spiro atoms. The molecular formula is C22H24BrN3O3. The summed E-state index contributed by atoms with van der Waals surface area (Å²) in [5.74, 6) is 1.43. The molecule has 0 radical (unpaired) electrons. The molecule has 1 heterocycles. The maximum atomic E-state index is 12.8. The summed E-state index contributed by atoms with van der Waals surface area (Å²) >= 11 is 3.54. The zero-order valence-electron chi connectivity index (χ0n) is 17.0. The molecule has 29 heavy (non-hydrogen) atoms. The third-order valence-electron chi connectivity index (χ3n) is 4.52. The standard InChI is InChI=1S/C22H24BrN3O3/c1-14(2)26(12-19-24-22(25-29-19)17-8-6-5-7-9-17)20(27)13-28-18-10-15(3)21(23)16(4)11-18/h5-11,14H,12-13H2,1-4H3. The molecule has 0 aliphatic heterocycles. The van der Waals surface area contributed by atoms with E-state index in [4.69, 9.17) is 9.26 Å². The van der Waals surface area contributed by atoms with E-state index < -0.39 is 0 Å². The summed E-state index contributed by atoms with van der Waals surface area (Å²) in [5, 5.41) is 4.02. The minimum atomic E-state index is -0.141. The first-order valence-corrected chi connectivity index (χ1v) is 10.2. The van der Waals surface area contributed by atoms with E-state index in [1.165, 1.54) is 0 Å². The minimum Gasteiger partial charge on any atom is -0.484 e. The summed E-state index contributed by atoms with van der Waals surface area (Å²) in [7, 11) is 0. The average Bonchev–Trinajstić information content (AvgIpc) is 3.17. The highest BCUT2D eigenvalue weighted by molar-refractivity contribution is 9.10. The molecule has 152 valence electrons. The third kappa shape index (κ3) is 5.23. The van der Waals surface area contributed by atoms with E-state index in [2.05, 4.69) is 26.1 Å². The van der Waals surface area contributed by atoms with Crippen molar-refractivity contribution in [1.29, 1.82) is 0 Å². The lowest BCUT2D eigenvalue weighted by atomic mass is 10.1. The van der Waals surface area contributed by atoms with Crippen LogP contribution in [0.25, 0.3) is 11.4 Å². The van der Waals surface area contributed by atoms with Crippen LogP contribution in [0.15, 0.2) is 51.5 Å². The van der Waals surface area contributed by atoms with Crippen LogP contribution in [0.3, 0.4) is 0 Å². The Hall–Kier alpha value is -2.67. The van der Waals surface area contributed by atoms with Gasteiger partial charge in [-0.3, -0.25) is 4.79 Å². The number of benzene rings is 2. The SMILES string of the molecule is Cc1cc(OCC(=O)N(Cc2nc(-c3ccccc3)no2)C(C)C)cc(C)c1Br. The highest BCUT2D eigenvalue weighted by Crippen LogP contribution is 2.26. The molecule has 0 saturated carbocycles. The van der Waals surface area contributed by atoms with Crippen molar-refractivity contribution in [3.05, 3.63) is 64.0 Å². The normalized spacial score (nSPS) is 11.0. The zero-order valence-corrected chi connectivity index (χ0v) is 18.6. The Balaban J connectivity index is 1.67. The zero-order chi connectivity index (χ0) is 21.0. The van der Waals surface area contributed by atoms with Crippen LogP contribution in [0, 0.1) is 13.8 Å². The van der Waals surface area contributed by atoms with Gasteiger partial charge in [0.05, 0.1) is 0 Å². The first kappa shape index (κ1) is 21.0. The van der Waals surface area contributed by atoms with E-state index in [-0.39, 0.29) is 25.1 Å². The minimum absolute atomic E-state index is 0.0356. The molecule has 0 N–H and O–H groups in total. The molecule has 3 aromatic rings. The van der Waals surface area contributed by atoms with E-state index in [9.17, 15) is 4.79 Å². The molecule has 1 aromatic heterocycles. The molecule has 0 aliphatic carbocycles. The van der Waals surface area contributed by atoms with Gasteiger partial charge in [-0.2, -0.15) is 4.98 Å². The van der Waals surface area contributed by atoms with Crippen LogP contribution < -0.4 is 4.74 Å². The number of carbonyl (C=O) groups is 1. The fourth-order valence-electron chi connectivity index (χ4n) is 2.95. The van der Waals surface area contributed by atoms with Gasteiger partial charge in [-0.1, -0.05) is 51.4 Å². The molecule has 0 saturated heterocycles. The first-order valence-electron chi connectivity index (χ1n) is 9.42. The molecule has 0 fully saturated rings. The van der Waals surface area contributed by atoms with Crippen LogP contribution in [0.2, 0.25) is 0 Å². The topological polar surface area (TPSA) is 68.5 Å². The molecule has 6 nitrogen and oxygen atoms in total. The second-order valence-electron chi connectivity index (χ2n) is 7.15. The lowest BCUT2D eigenvalue weighted by Crippen LogP contribution is -2.39. The lowest BCUT2D eigenvalue weighted by molar-refractivity contribution is -0.136. The fourth-order valence-corrected chi connectivity index (χ4v) is 3.17. The Labute approximate surface area is 179 Å². The molecular weight excluding hydrogens is 434 g/mol. The summed E-state index contributed by atoms with van der Waals surface area (Å²) < 4.78 is 12.2. The molecule has 7 heteroatoms. The Bertz CT molecular complexity index is 963. The quantitative estimate of drug-likeness (QED) is 0.502. The number of halogens is 1. The van der Waals surface area contributed by atoms with Gasteiger partial charge in [0.25, 0.3) is 5.91 Å². The van der Waals surface area contributed by atoms with Crippen LogP contribution in [-0.2, 0) is 11.3 Å². The van der Waals surface area contributed by atoms with Gasteiger partial charge in [-0.15, -0.1) is 0 Å². The molecule has 2 aromatic carbocycles. The Morgan fingerprint density at radius 2 is 1.83 bits per heavy atom. The number of aryl methyl sites for hydroxylation is 2. The molecule has 1 amide bonds. The van der Waals surface area contributed by atoms with Gasteiger partial charge in [0.1, 0.15) is 12.3 Å². The number of ether oxygens (including phenoxy) is 1. The average molecular weight is 458 g/mol. The smallest absolute Gasteiger partial charge is 0.261 e. The number of amides is 1. The Kier molecular flexibility index (Phi) is 6.69. The number of aromatic nitrogens is 2. The van der Waals surface area contributed by atoms with Gasteiger partial charge >= 0.3 is 0 Å². The van der Waals surface area contributed by atoms with Gasteiger partial charge in [0, 0.05) is 16.1 Å². The largest absolute Gasteiger partial charge is 0.484 e. The second-order valence-corrected chi connectivity index (χ2v) is 7.95. The van der Waals surface area contributed by atoms with Crippen LogP contribution in [0.5, 0.6) is 5.75 Å². The fraction of sp³-hybridized carbons (Fsp3) is 0.318. The monoisotopic (exact) mass is 457 g/mol.